The van der Waals surface area contributed by atoms with Crippen LogP contribution in [0, 0.1) is 5.82 Å². The molecule has 1 rings (SSSR count). The largest absolute Gasteiger partial charge is 0.354 e. The number of aliphatic imine (C=N–C) groups is 1. The lowest BCUT2D eigenvalue weighted by atomic mass is 10.1. The molecule has 0 heterocycles. The van der Waals surface area contributed by atoms with Crippen molar-refractivity contribution in [2.24, 2.45) is 4.99 Å². The molecule has 7 heteroatoms. The second-order valence-electron chi connectivity index (χ2n) is 7.14. The zero-order chi connectivity index (χ0) is 19.0. The van der Waals surface area contributed by atoms with E-state index in [1.807, 2.05) is 39.8 Å². The van der Waals surface area contributed by atoms with E-state index >= 15 is 0 Å². The van der Waals surface area contributed by atoms with Gasteiger partial charge in [0.2, 0.25) is 5.91 Å². The topological polar surface area (TPSA) is 68.8 Å². The maximum atomic E-state index is 13.1. The Bertz CT molecular complexity index is 578. The van der Waals surface area contributed by atoms with Crippen molar-refractivity contribution in [3.05, 3.63) is 35.6 Å². The number of nitrogens with one attached hydrogen (secondary N) is 3. The number of halogens is 1. The van der Waals surface area contributed by atoms with Crippen molar-refractivity contribution in [1.29, 1.82) is 0 Å². The predicted octanol–water partition coefficient (Wildman–Crippen LogP) is 1.51. The number of benzene rings is 1. The van der Waals surface area contributed by atoms with Gasteiger partial charge in [-0.25, -0.2) is 4.39 Å². The van der Waals surface area contributed by atoms with Gasteiger partial charge >= 0.3 is 0 Å². The molecule has 1 aromatic carbocycles. The molecular weight excluding hydrogens is 321 g/mol. The van der Waals surface area contributed by atoms with Gasteiger partial charge in [-0.3, -0.25) is 9.79 Å². The fourth-order valence-electron chi connectivity index (χ4n) is 2.32. The molecule has 0 saturated heterocycles. The Morgan fingerprint density at radius 3 is 2.28 bits per heavy atom. The molecule has 1 unspecified atom stereocenters. The number of rotatable bonds is 6. The molecule has 0 saturated carbocycles. The highest BCUT2D eigenvalue weighted by atomic mass is 19.1. The molecule has 1 aromatic rings. The fraction of sp³-hybridized carbons (Fsp3) is 0.556. The molecule has 0 aliphatic rings. The van der Waals surface area contributed by atoms with Crippen molar-refractivity contribution in [2.75, 3.05) is 34.2 Å². The Hall–Kier alpha value is -2.15. The number of guanidine groups is 1. The van der Waals surface area contributed by atoms with Crippen LogP contribution in [0.15, 0.2) is 29.3 Å². The molecule has 0 bridgehead atoms. The summed E-state index contributed by atoms with van der Waals surface area (Å²) in [5.74, 6) is 0.188. The van der Waals surface area contributed by atoms with Crippen LogP contribution in [-0.2, 0) is 4.79 Å². The summed E-state index contributed by atoms with van der Waals surface area (Å²) < 4.78 is 13.1. The minimum absolute atomic E-state index is 0.0440. The number of hydrogen-bond donors (Lipinski definition) is 3. The summed E-state index contributed by atoms with van der Waals surface area (Å²) in [5, 5.41) is 9.09. The average Bonchev–Trinajstić information content (AvgIpc) is 2.50. The SMILES string of the molecule is CN=C(NCC(=O)NC(C)(C)C)NCC(c1ccc(F)cc1)N(C)C. The van der Waals surface area contributed by atoms with E-state index in [0.29, 0.717) is 12.5 Å². The van der Waals surface area contributed by atoms with E-state index in [1.165, 1.54) is 12.1 Å². The lowest BCUT2D eigenvalue weighted by Gasteiger charge is -2.26. The first-order chi connectivity index (χ1) is 11.6. The first-order valence-corrected chi connectivity index (χ1v) is 8.30. The van der Waals surface area contributed by atoms with E-state index in [2.05, 4.69) is 20.9 Å². The molecule has 140 valence electrons. The van der Waals surface area contributed by atoms with Gasteiger partial charge in [0.15, 0.2) is 5.96 Å². The molecule has 0 aliphatic heterocycles. The first kappa shape index (κ1) is 20.9. The summed E-state index contributed by atoms with van der Waals surface area (Å²) in [6.45, 7) is 6.51. The Kier molecular flexibility index (Phi) is 7.83. The maximum Gasteiger partial charge on any atom is 0.239 e. The molecule has 0 aromatic heterocycles. The summed E-state index contributed by atoms with van der Waals surface area (Å²) in [6, 6.07) is 6.50. The molecule has 0 fully saturated rings. The van der Waals surface area contributed by atoms with Crippen LogP contribution < -0.4 is 16.0 Å². The molecule has 0 aliphatic carbocycles. The molecule has 6 nitrogen and oxygen atoms in total. The number of carbonyl (C=O) groups excluding carboxylic acids is 1. The van der Waals surface area contributed by atoms with Gasteiger partial charge in [-0.05, 0) is 52.6 Å². The summed E-state index contributed by atoms with van der Waals surface area (Å²) >= 11 is 0. The first-order valence-electron chi connectivity index (χ1n) is 8.30. The van der Waals surface area contributed by atoms with E-state index in [1.54, 1.807) is 19.2 Å². The smallest absolute Gasteiger partial charge is 0.239 e. The third-order valence-corrected chi connectivity index (χ3v) is 3.50. The monoisotopic (exact) mass is 351 g/mol. The highest BCUT2D eigenvalue weighted by Gasteiger charge is 2.16. The molecular formula is C18H30FN5O. The Labute approximate surface area is 149 Å². The summed E-state index contributed by atoms with van der Waals surface area (Å²) in [7, 11) is 5.57. The van der Waals surface area contributed by atoms with Crippen LogP contribution in [0.5, 0.6) is 0 Å². The highest BCUT2D eigenvalue weighted by molar-refractivity contribution is 5.86. The van der Waals surface area contributed by atoms with Crippen molar-refractivity contribution in [3.63, 3.8) is 0 Å². The average molecular weight is 351 g/mol. The van der Waals surface area contributed by atoms with Crippen LogP contribution >= 0.6 is 0 Å². The summed E-state index contributed by atoms with van der Waals surface area (Å²) in [5.41, 5.74) is 0.730. The van der Waals surface area contributed by atoms with E-state index in [-0.39, 0.29) is 29.8 Å². The molecule has 25 heavy (non-hydrogen) atoms. The van der Waals surface area contributed by atoms with Crippen molar-refractivity contribution >= 4 is 11.9 Å². The van der Waals surface area contributed by atoms with Gasteiger partial charge in [-0.1, -0.05) is 12.1 Å². The van der Waals surface area contributed by atoms with E-state index in [0.717, 1.165) is 5.56 Å². The van der Waals surface area contributed by atoms with Gasteiger partial charge < -0.3 is 20.9 Å². The van der Waals surface area contributed by atoms with Gasteiger partial charge in [0.1, 0.15) is 5.82 Å². The normalized spacial score (nSPS) is 13.5. The van der Waals surface area contributed by atoms with Crippen molar-refractivity contribution in [1.82, 2.24) is 20.9 Å². The second kappa shape index (κ2) is 9.36. The van der Waals surface area contributed by atoms with Crippen LogP contribution in [0.2, 0.25) is 0 Å². The van der Waals surface area contributed by atoms with Crippen molar-refractivity contribution in [2.45, 2.75) is 32.4 Å². The molecule has 1 atom stereocenters. The fourth-order valence-corrected chi connectivity index (χ4v) is 2.32. The summed E-state index contributed by atoms with van der Waals surface area (Å²) in [4.78, 5) is 18.1. The third-order valence-electron chi connectivity index (χ3n) is 3.50. The number of hydrogen-bond acceptors (Lipinski definition) is 3. The summed E-state index contributed by atoms with van der Waals surface area (Å²) in [6.07, 6.45) is 0. The Morgan fingerprint density at radius 2 is 1.80 bits per heavy atom. The third kappa shape index (κ3) is 7.98. The number of carbonyl (C=O) groups is 1. The lowest BCUT2D eigenvalue weighted by Crippen LogP contribution is -2.49. The minimum Gasteiger partial charge on any atom is -0.354 e. The predicted molar refractivity (Wildman–Crippen MR) is 100 cm³/mol. The quantitative estimate of drug-likeness (QED) is 0.537. The van der Waals surface area contributed by atoms with Gasteiger partial charge in [-0.2, -0.15) is 0 Å². The second-order valence-corrected chi connectivity index (χ2v) is 7.14. The number of likely N-dealkylation sites (N-methyl/N-ethyl adjacent to an activating group) is 1. The number of nitrogens with zero attached hydrogens (tertiary/aromatic N) is 2. The van der Waals surface area contributed by atoms with Crippen LogP contribution in [0.1, 0.15) is 32.4 Å². The molecule has 0 radical (unpaired) electrons. The Morgan fingerprint density at radius 1 is 1.20 bits per heavy atom. The van der Waals surface area contributed by atoms with Crippen LogP contribution in [0.3, 0.4) is 0 Å². The highest BCUT2D eigenvalue weighted by Crippen LogP contribution is 2.17. The zero-order valence-corrected chi connectivity index (χ0v) is 16.0. The van der Waals surface area contributed by atoms with Crippen molar-refractivity contribution in [3.8, 4) is 0 Å². The van der Waals surface area contributed by atoms with Gasteiger partial charge in [0, 0.05) is 19.1 Å². The Balaban J connectivity index is 2.59. The van der Waals surface area contributed by atoms with Gasteiger partial charge in [0.05, 0.1) is 12.6 Å². The van der Waals surface area contributed by atoms with Crippen LogP contribution in [-0.4, -0.2) is 56.5 Å². The molecule has 0 spiro atoms. The van der Waals surface area contributed by atoms with Crippen LogP contribution in [0.4, 0.5) is 4.39 Å². The van der Waals surface area contributed by atoms with Crippen LogP contribution in [0.25, 0.3) is 0 Å². The van der Waals surface area contributed by atoms with E-state index in [4.69, 9.17) is 0 Å². The number of amides is 1. The standard InChI is InChI=1S/C18H30FN5O/c1-18(2,3)23-16(25)12-22-17(20-4)21-11-15(24(5)6)13-7-9-14(19)10-8-13/h7-10,15H,11-12H2,1-6H3,(H,23,25)(H2,20,21,22). The van der Waals surface area contributed by atoms with Gasteiger partial charge in [-0.15, -0.1) is 0 Å². The van der Waals surface area contributed by atoms with Crippen molar-refractivity contribution < 1.29 is 9.18 Å². The van der Waals surface area contributed by atoms with E-state index in [9.17, 15) is 9.18 Å². The minimum atomic E-state index is -0.270. The molecule has 1 amide bonds. The lowest BCUT2D eigenvalue weighted by molar-refractivity contribution is -0.121. The maximum absolute atomic E-state index is 13.1. The van der Waals surface area contributed by atoms with Gasteiger partial charge in [0.25, 0.3) is 0 Å². The molecule has 3 N–H and O–H groups in total. The zero-order valence-electron chi connectivity index (χ0n) is 16.0. The van der Waals surface area contributed by atoms with E-state index < -0.39 is 0 Å².